The predicted molar refractivity (Wildman–Crippen MR) is 122 cm³/mol. The monoisotopic (exact) mass is 473 g/mol. The minimum atomic E-state index is -3.51. The molecular formula is C24H27NO7S. The van der Waals surface area contributed by atoms with Crippen molar-refractivity contribution < 1.29 is 32.2 Å². The molecule has 33 heavy (non-hydrogen) atoms. The molecule has 0 saturated carbocycles. The molecule has 0 atom stereocenters. The predicted octanol–water partition coefficient (Wildman–Crippen LogP) is 3.20. The second-order valence-electron chi connectivity index (χ2n) is 7.53. The lowest BCUT2D eigenvalue weighted by atomic mass is 10.1. The highest BCUT2D eigenvalue weighted by atomic mass is 32.2. The van der Waals surface area contributed by atoms with Gasteiger partial charge in [-0.15, -0.1) is 0 Å². The molecule has 0 spiro atoms. The van der Waals surface area contributed by atoms with Crippen molar-refractivity contribution in [2.75, 3.05) is 27.3 Å². The summed E-state index contributed by atoms with van der Waals surface area (Å²) in [7, 11) is -0.780. The van der Waals surface area contributed by atoms with Gasteiger partial charge < -0.3 is 14.2 Å². The van der Waals surface area contributed by atoms with Crippen molar-refractivity contribution in [2.24, 2.45) is 0 Å². The van der Waals surface area contributed by atoms with Gasteiger partial charge in [0.1, 0.15) is 0 Å². The summed E-state index contributed by atoms with van der Waals surface area (Å²) in [4.78, 5) is 23.9. The highest BCUT2D eigenvalue weighted by molar-refractivity contribution is 7.89. The number of hydrogen-bond donors (Lipinski definition) is 0. The van der Waals surface area contributed by atoms with Crippen LogP contribution in [0.1, 0.15) is 30.4 Å². The zero-order chi connectivity index (χ0) is 23.8. The van der Waals surface area contributed by atoms with Crippen molar-refractivity contribution in [3.8, 4) is 11.5 Å². The Morgan fingerprint density at radius 3 is 2.30 bits per heavy atom. The molecule has 0 radical (unpaired) electrons. The van der Waals surface area contributed by atoms with E-state index in [2.05, 4.69) is 4.74 Å². The minimum absolute atomic E-state index is 0.0306. The Morgan fingerprint density at radius 1 is 0.970 bits per heavy atom. The molecule has 2 aromatic carbocycles. The van der Waals surface area contributed by atoms with Crippen molar-refractivity contribution in [1.29, 1.82) is 0 Å². The number of carbonyl (C=O) groups is 2. The average molecular weight is 474 g/mol. The van der Waals surface area contributed by atoms with Crippen LogP contribution in [0.4, 0.5) is 0 Å². The molecule has 3 rings (SSSR count). The number of carbonyl (C=O) groups excluding carboxylic acids is 2. The topological polar surface area (TPSA) is 99.2 Å². The summed E-state index contributed by atoms with van der Waals surface area (Å²) in [6.07, 6.45) is 5.58. The number of ether oxygens (including phenoxy) is 3. The third-order valence-corrected chi connectivity index (χ3v) is 7.16. The van der Waals surface area contributed by atoms with Gasteiger partial charge in [0, 0.05) is 19.2 Å². The third-order valence-electron chi connectivity index (χ3n) is 5.25. The van der Waals surface area contributed by atoms with Gasteiger partial charge in [0.2, 0.25) is 10.0 Å². The van der Waals surface area contributed by atoms with Crippen LogP contribution in [0, 0.1) is 0 Å². The second-order valence-corrected chi connectivity index (χ2v) is 9.46. The van der Waals surface area contributed by atoms with Gasteiger partial charge in [0.15, 0.2) is 11.5 Å². The minimum Gasteiger partial charge on any atom is -0.493 e. The Kier molecular flexibility index (Phi) is 8.24. The molecule has 1 saturated heterocycles. The first kappa shape index (κ1) is 24.5. The smallest absolute Gasteiger partial charge is 0.330 e. The molecular weight excluding hydrogens is 446 g/mol. The van der Waals surface area contributed by atoms with E-state index < -0.39 is 22.0 Å². The van der Waals surface area contributed by atoms with E-state index in [-0.39, 0.29) is 17.1 Å². The van der Waals surface area contributed by atoms with Gasteiger partial charge in [-0.3, -0.25) is 4.79 Å². The van der Waals surface area contributed by atoms with Crippen LogP contribution in [-0.4, -0.2) is 52.0 Å². The van der Waals surface area contributed by atoms with Crippen LogP contribution in [0.5, 0.6) is 11.5 Å². The SMILES string of the molecule is COC(=O)/C=C/c1ccc(OC(=O)Cc2ccc(S(=O)(=O)N3CCCCC3)cc2)c(OC)c1. The summed E-state index contributed by atoms with van der Waals surface area (Å²) in [6.45, 7) is 1.07. The quantitative estimate of drug-likeness (QED) is 0.330. The van der Waals surface area contributed by atoms with Gasteiger partial charge >= 0.3 is 11.9 Å². The molecule has 1 aliphatic heterocycles. The lowest BCUT2D eigenvalue weighted by molar-refractivity contribution is -0.135. The van der Waals surface area contributed by atoms with Crippen LogP contribution >= 0.6 is 0 Å². The van der Waals surface area contributed by atoms with Crippen LogP contribution in [-0.2, 0) is 30.8 Å². The molecule has 8 nitrogen and oxygen atoms in total. The lowest BCUT2D eigenvalue weighted by Gasteiger charge is -2.25. The largest absolute Gasteiger partial charge is 0.493 e. The average Bonchev–Trinajstić information content (AvgIpc) is 2.84. The zero-order valence-corrected chi connectivity index (χ0v) is 19.5. The van der Waals surface area contributed by atoms with Gasteiger partial charge in [-0.2, -0.15) is 4.31 Å². The van der Waals surface area contributed by atoms with E-state index in [1.807, 2.05) is 0 Å². The summed E-state index contributed by atoms with van der Waals surface area (Å²) in [5.41, 5.74) is 1.30. The van der Waals surface area contributed by atoms with Crippen LogP contribution in [0.2, 0.25) is 0 Å². The standard InChI is InChI=1S/C24H27NO7S/c1-30-22-16-18(9-13-23(26)31-2)8-12-21(22)32-24(27)17-19-6-10-20(11-7-19)33(28,29)25-14-4-3-5-15-25/h6-13,16H,3-5,14-15,17H2,1-2H3/b13-9+. The van der Waals surface area contributed by atoms with Crippen LogP contribution in [0.15, 0.2) is 53.4 Å². The van der Waals surface area contributed by atoms with Crippen LogP contribution < -0.4 is 9.47 Å². The fourth-order valence-electron chi connectivity index (χ4n) is 3.46. The summed E-state index contributed by atoms with van der Waals surface area (Å²) in [6, 6.07) is 11.2. The Balaban J connectivity index is 1.64. The number of esters is 2. The number of hydrogen-bond acceptors (Lipinski definition) is 7. The van der Waals surface area contributed by atoms with E-state index in [4.69, 9.17) is 9.47 Å². The van der Waals surface area contributed by atoms with Crippen molar-refractivity contribution >= 4 is 28.0 Å². The molecule has 0 N–H and O–H groups in total. The van der Waals surface area contributed by atoms with Gasteiger partial charge in [0.25, 0.3) is 0 Å². The van der Waals surface area contributed by atoms with Crippen LogP contribution in [0.25, 0.3) is 6.08 Å². The molecule has 0 aromatic heterocycles. The summed E-state index contributed by atoms with van der Waals surface area (Å²) >= 11 is 0. The molecule has 0 bridgehead atoms. The first-order valence-electron chi connectivity index (χ1n) is 10.6. The Bertz CT molecular complexity index is 1120. The zero-order valence-electron chi connectivity index (χ0n) is 18.7. The van der Waals surface area contributed by atoms with Crippen molar-refractivity contribution in [2.45, 2.75) is 30.6 Å². The molecule has 0 amide bonds. The Morgan fingerprint density at radius 2 is 1.67 bits per heavy atom. The highest BCUT2D eigenvalue weighted by Crippen LogP contribution is 2.29. The normalized spacial score (nSPS) is 14.7. The molecule has 0 unspecified atom stereocenters. The third kappa shape index (κ3) is 6.43. The van der Waals surface area contributed by atoms with Crippen LogP contribution in [0.3, 0.4) is 0 Å². The number of benzene rings is 2. The fourth-order valence-corrected chi connectivity index (χ4v) is 4.98. The molecule has 1 aliphatic rings. The molecule has 0 aliphatic carbocycles. The number of rotatable bonds is 8. The Hall–Kier alpha value is -3.17. The van der Waals surface area contributed by atoms with Gasteiger partial charge in [-0.05, 0) is 54.3 Å². The van der Waals surface area contributed by atoms with E-state index in [0.717, 1.165) is 19.3 Å². The maximum atomic E-state index is 12.8. The fraction of sp³-hybridized carbons (Fsp3) is 0.333. The maximum Gasteiger partial charge on any atom is 0.330 e. The van der Waals surface area contributed by atoms with E-state index >= 15 is 0 Å². The first-order valence-corrected chi connectivity index (χ1v) is 12.0. The maximum absolute atomic E-state index is 12.8. The summed E-state index contributed by atoms with van der Waals surface area (Å²) in [5.74, 6) is -0.433. The number of nitrogens with zero attached hydrogens (tertiary/aromatic N) is 1. The van der Waals surface area contributed by atoms with E-state index in [1.165, 1.54) is 36.7 Å². The molecule has 9 heteroatoms. The number of sulfonamides is 1. The summed E-state index contributed by atoms with van der Waals surface area (Å²) in [5, 5.41) is 0. The first-order chi connectivity index (χ1) is 15.8. The van der Waals surface area contributed by atoms with E-state index in [9.17, 15) is 18.0 Å². The van der Waals surface area contributed by atoms with Crippen molar-refractivity contribution in [3.63, 3.8) is 0 Å². The van der Waals surface area contributed by atoms with E-state index in [1.54, 1.807) is 36.4 Å². The lowest BCUT2D eigenvalue weighted by Crippen LogP contribution is -2.35. The number of piperidine rings is 1. The molecule has 1 fully saturated rings. The summed E-state index contributed by atoms with van der Waals surface area (Å²) < 4.78 is 42.3. The van der Waals surface area contributed by atoms with Crippen molar-refractivity contribution in [1.82, 2.24) is 4.31 Å². The number of methoxy groups -OCH3 is 2. The van der Waals surface area contributed by atoms with E-state index in [0.29, 0.717) is 30.0 Å². The van der Waals surface area contributed by atoms with Gasteiger partial charge in [-0.25, -0.2) is 13.2 Å². The molecule has 2 aromatic rings. The van der Waals surface area contributed by atoms with Crippen molar-refractivity contribution in [3.05, 3.63) is 59.7 Å². The second kappa shape index (κ2) is 11.1. The Labute approximate surface area is 193 Å². The van der Waals surface area contributed by atoms with Gasteiger partial charge in [-0.1, -0.05) is 24.6 Å². The van der Waals surface area contributed by atoms with Gasteiger partial charge in [0.05, 0.1) is 25.5 Å². The highest BCUT2D eigenvalue weighted by Gasteiger charge is 2.25. The molecule has 176 valence electrons. The molecule has 1 heterocycles.